The van der Waals surface area contributed by atoms with Crippen LogP contribution in [-0.4, -0.2) is 7.11 Å². The zero-order valence-corrected chi connectivity index (χ0v) is 9.52. The molecular weight excluding hydrogens is 219 g/mol. The van der Waals surface area contributed by atoms with Crippen LogP contribution in [0.15, 0.2) is 48.5 Å². The molecule has 0 saturated heterocycles. The van der Waals surface area contributed by atoms with Crippen LogP contribution in [0.1, 0.15) is 5.56 Å². The second-order valence-corrected chi connectivity index (χ2v) is 3.57. The van der Waals surface area contributed by atoms with E-state index < -0.39 is 0 Å². The van der Waals surface area contributed by atoms with Gasteiger partial charge in [-0.25, -0.2) is 4.39 Å². The minimum Gasteiger partial charge on any atom is -0.493 e. The van der Waals surface area contributed by atoms with E-state index in [0.717, 1.165) is 5.56 Å². The first-order chi connectivity index (χ1) is 8.29. The Labute approximate surface area is 99.6 Å². The maximum atomic E-state index is 13.0. The molecule has 0 aromatic heterocycles. The fourth-order valence-electron chi connectivity index (χ4n) is 1.50. The Balaban J connectivity index is 2.09. The smallest absolute Gasteiger partial charge is 0.163 e. The third-order valence-corrected chi connectivity index (χ3v) is 2.36. The number of ether oxygens (including phenoxy) is 2. The Kier molecular flexibility index (Phi) is 3.60. The molecule has 0 aliphatic rings. The number of benzene rings is 2. The van der Waals surface area contributed by atoms with Crippen molar-refractivity contribution in [2.75, 3.05) is 7.11 Å². The van der Waals surface area contributed by atoms with Crippen molar-refractivity contribution in [3.05, 3.63) is 59.9 Å². The average Bonchev–Trinajstić information content (AvgIpc) is 2.38. The van der Waals surface area contributed by atoms with Gasteiger partial charge in [0, 0.05) is 6.07 Å². The van der Waals surface area contributed by atoms with Gasteiger partial charge in [0.15, 0.2) is 11.5 Å². The van der Waals surface area contributed by atoms with Crippen LogP contribution in [0.4, 0.5) is 4.39 Å². The van der Waals surface area contributed by atoms with Crippen LogP contribution in [0, 0.1) is 5.82 Å². The van der Waals surface area contributed by atoms with Crippen LogP contribution in [-0.2, 0) is 6.61 Å². The molecule has 2 rings (SSSR count). The molecule has 17 heavy (non-hydrogen) atoms. The molecule has 0 amide bonds. The third-order valence-electron chi connectivity index (χ3n) is 2.36. The first-order valence-corrected chi connectivity index (χ1v) is 5.30. The lowest BCUT2D eigenvalue weighted by Crippen LogP contribution is -1.97. The summed E-state index contributed by atoms with van der Waals surface area (Å²) in [6.45, 7) is 0.433. The molecule has 2 nitrogen and oxygen atoms in total. The van der Waals surface area contributed by atoms with Crippen molar-refractivity contribution in [1.82, 2.24) is 0 Å². The SMILES string of the molecule is COc1cc(F)ccc1OCc1ccccc1. The predicted octanol–water partition coefficient (Wildman–Crippen LogP) is 3.41. The normalized spacial score (nSPS) is 10.0. The topological polar surface area (TPSA) is 18.5 Å². The van der Waals surface area contributed by atoms with Crippen molar-refractivity contribution in [2.45, 2.75) is 6.61 Å². The zero-order valence-electron chi connectivity index (χ0n) is 9.52. The van der Waals surface area contributed by atoms with Gasteiger partial charge >= 0.3 is 0 Å². The Morgan fingerprint density at radius 3 is 2.47 bits per heavy atom. The van der Waals surface area contributed by atoms with Crippen molar-refractivity contribution in [2.24, 2.45) is 0 Å². The van der Waals surface area contributed by atoms with Crippen LogP contribution >= 0.6 is 0 Å². The first-order valence-electron chi connectivity index (χ1n) is 5.30. The van der Waals surface area contributed by atoms with Crippen LogP contribution in [0.2, 0.25) is 0 Å². The number of rotatable bonds is 4. The van der Waals surface area contributed by atoms with E-state index in [4.69, 9.17) is 9.47 Å². The van der Waals surface area contributed by atoms with Crippen LogP contribution in [0.5, 0.6) is 11.5 Å². The van der Waals surface area contributed by atoms with Crippen molar-refractivity contribution in [3.8, 4) is 11.5 Å². The second-order valence-electron chi connectivity index (χ2n) is 3.57. The summed E-state index contributed by atoms with van der Waals surface area (Å²) in [6.07, 6.45) is 0. The van der Waals surface area contributed by atoms with Crippen molar-refractivity contribution in [3.63, 3.8) is 0 Å². The average molecular weight is 232 g/mol. The molecule has 0 heterocycles. The summed E-state index contributed by atoms with van der Waals surface area (Å²) in [7, 11) is 1.49. The molecule has 0 unspecified atom stereocenters. The predicted molar refractivity (Wildman–Crippen MR) is 63.7 cm³/mol. The zero-order chi connectivity index (χ0) is 12.1. The summed E-state index contributed by atoms with van der Waals surface area (Å²) >= 11 is 0. The Bertz CT molecular complexity index is 483. The van der Waals surface area contributed by atoms with E-state index in [-0.39, 0.29) is 5.82 Å². The molecule has 2 aromatic carbocycles. The molecule has 0 radical (unpaired) electrons. The molecule has 0 atom stereocenters. The van der Waals surface area contributed by atoms with Gasteiger partial charge < -0.3 is 9.47 Å². The Hall–Kier alpha value is -2.03. The highest BCUT2D eigenvalue weighted by atomic mass is 19.1. The maximum absolute atomic E-state index is 13.0. The van der Waals surface area contributed by atoms with Gasteiger partial charge in [-0.05, 0) is 17.7 Å². The van der Waals surface area contributed by atoms with Crippen molar-refractivity contribution in [1.29, 1.82) is 0 Å². The van der Waals surface area contributed by atoms with Crippen LogP contribution in [0.25, 0.3) is 0 Å². The summed E-state index contributed by atoms with van der Waals surface area (Å²) < 4.78 is 23.6. The molecule has 3 heteroatoms. The fourth-order valence-corrected chi connectivity index (χ4v) is 1.50. The summed E-state index contributed by atoms with van der Waals surface area (Å²) in [5.74, 6) is 0.604. The van der Waals surface area contributed by atoms with Crippen molar-refractivity contribution < 1.29 is 13.9 Å². The molecule has 0 bridgehead atoms. The Morgan fingerprint density at radius 2 is 1.76 bits per heavy atom. The van der Waals surface area contributed by atoms with E-state index in [0.29, 0.717) is 18.1 Å². The summed E-state index contributed by atoms with van der Waals surface area (Å²) in [5, 5.41) is 0. The van der Waals surface area contributed by atoms with Gasteiger partial charge in [-0.3, -0.25) is 0 Å². The lowest BCUT2D eigenvalue weighted by molar-refractivity contribution is 0.283. The lowest BCUT2D eigenvalue weighted by atomic mass is 10.2. The molecule has 0 spiro atoms. The van der Waals surface area contributed by atoms with Gasteiger partial charge in [-0.2, -0.15) is 0 Å². The van der Waals surface area contributed by atoms with E-state index >= 15 is 0 Å². The lowest BCUT2D eigenvalue weighted by Gasteiger charge is -2.10. The van der Waals surface area contributed by atoms with E-state index in [1.54, 1.807) is 6.07 Å². The van der Waals surface area contributed by atoms with E-state index in [2.05, 4.69) is 0 Å². The van der Waals surface area contributed by atoms with Gasteiger partial charge in [0.25, 0.3) is 0 Å². The fraction of sp³-hybridized carbons (Fsp3) is 0.143. The summed E-state index contributed by atoms with van der Waals surface area (Å²) in [6, 6.07) is 14.0. The highest BCUT2D eigenvalue weighted by molar-refractivity contribution is 5.40. The van der Waals surface area contributed by atoms with E-state index in [9.17, 15) is 4.39 Å². The largest absolute Gasteiger partial charge is 0.493 e. The summed E-state index contributed by atoms with van der Waals surface area (Å²) in [5.41, 5.74) is 1.05. The molecule has 0 aliphatic carbocycles. The molecule has 2 aromatic rings. The second kappa shape index (κ2) is 5.34. The molecule has 0 fully saturated rings. The highest BCUT2D eigenvalue weighted by Crippen LogP contribution is 2.28. The van der Waals surface area contributed by atoms with Gasteiger partial charge in [0.1, 0.15) is 12.4 Å². The monoisotopic (exact) mass is 232 g/mol. The number of hydrogen-bond donors (Lipinski definition) is 0. The van der Waals surface area contributed by atoms with Crippen molar-refractivity contribution >= 4 is 0 Å². The van der Waals surface area contributed by atoms with E-state index in [1.807, 2.05) is 30.3 Å². The standard InChI is InChI=1S/C14H13FO2/c1-16-14-9-12(15)7-8-13(14)17-10-11-5-3-2-4-6-11/h2-9H,10H2,1H3. The number of halogens is 1. The maximum Gasteiger partial charge on any atom is 0.163 e. The minimum absolute atomic E-state index is 0.339. The van der Waals surface area contributed by atoms with Gasteiger partial charge in [-0.1, -0.05) is 30.3 Å². The highest BCUT2D eigenvalue weighted by Gasteiger charge is 2.05. The number of methoxy groups -OCH3 is 1. The third kappa shape index (κ3) is 2.97. The number of hydrogen-bond acceptors (Lipinski definition) is 2. The molecule has 0 aliphatic heterocycles. The molecular formula is C14H13FO2. The van der Waals surface area contributed by atoms with Crippen LogP contribution in [0.3, 0.4) is 0 Å². The Morgan fingerprint density at radius 1 is 1.00 bits per heavy atom. The minimum atomic E-state index is -0.339. The molecule has 88 valence electrons. The molecule has 0 saturated carbocycles. The van der Waals surface area contributed by atoms with Crippen LogP contribution < -0.4 is 9.47 Å². The van der Waals surface area contributed by atoms with E-state index in [1.165, 1.54) is 19.2 Å². The van der Waals surface area contributed by atoms with Gasteiger partial charge in [0.05, 0.1) is 7.11 Å². The van der Waals surface area contributed by atoms with Gasteiger partial charge in [-0.15, -0.1) is 0 Å². The quantitative estimate of drug-likeness (QED) is 0.804. The first kappa shape index (κ1) is 11.5. The van der Waals surface area contributed by atoms with Gasteiger partial charge in [0.2, 0.25) is 0 Å². The molecule has 0 N–H and O–H groups in total. The summed E-state index contributed by atoms with van der Waals surface area (Å²) in [4.78, 5) is 0.